The van der Waals surface area contributed by atoms with Crippen LogP contribution in [-0.4, -0.2) is 46.6 Å². The number of amides is 3. The fraction of sp³-hybridized carbons (Fsp3) is 0.360. The molecule has 38 heavy (non-hydrogen) atoms. The number of benzene rings is 2. The summed E-state index contributed by atoms with van der Waals surface area (Å²) in [7, 11) is -2.44. The summed E-state index contributed by atoms with van der Waals surface area (Å²) in [5, 5.41) is 2.26. The molecular weight excluding hydrogens is 527 g/mol. The van der Waals surface area contributed by atoms with Crippen LogP contribution in [0.2, 0.25) is 0 Å². The molecule has 1 fully saturated rings. The second-order valence-corrected chi connectivity index (χ2v) is 11.2. The van der Waals surface area contributed by atoms with Gasteiger partial charge in [0.05, 0.1) is 24.6 Å². The third kappa shape index (κ3) is 7.32. The highest BCUT2D eigenvalue weighted by Crippen LogP contribution is 2.38. The van der Waals surface area contributed by atoms with Gasteiger partial charge in [-0.2, -0.15) is 0 Å². The van der Waals surface area contributed by atoms with Crippen LogP contribution >= 0.6 is 0 Å². The molecule has 1 aliphatic heterocycles. The van der Waals surface area contributed by atoms with Gasteiger partial charge >= 0.3 is 12.4 Å². The largest absolute Gasteiger partial charge is 0.573 e. The first-order valence-corrected chi connectivity index (χ1v) is 13.1. The molecule has 0 aromatic heterocycles. The number of imide groups is 1. The van der Waals surface area contributed by atoms with Crippen molar-refractivity contribution in [3.8, 4) is 23.3 Å². The lowest BCUT2D eigenvalue weighted by molar-refractivity contribution is -0.274. The Kier molecular flexibility index (Phi) is 7.88. The Morgan fingerprint density at radius 2 is 1.76 bits per heavy atom. The Morgan fingerprint density at radius 3 is 2.32 bits per heavy atom. The Bertz CT molecular complexity index is 1440. The molecular formula is C25H26F3N3O6S. The van der Waals surface area contributed by atoms with Crippen molar-refractivity contribution in [2.45, 2.75) is 39.0 Å². The van der Waals surface area contributed by atoms with Gasteiger partial charge in [0.15, 0.2) is 5.75 Å². The van der Waals surface area contributed by atoms with Crippen LogP contribution in [0, 0.1) is 11.8 Å². The summed E-state index contributed by atoms with van der Waals surface area (Å²) in [5.41, 5.74) is 0.743. The topological polar surface area (TPSA) is 114 Å². The zero-order chi connectivity index (χ0) is 28.5. The maximum absolute atomic E-state index is 13.0. The van der Waals surface area contributed by atoms with Crippen molar-refractivity contribution >= 4 is 33.3 Å². The van der Waals surface area contributed by atoms with E-state index in [-0.39, 0.29) is 24.4 Å². The van der Waals surface area contributed by atoms with E-state index in [9.17, 15) is 31.2 Å². The third-order valence-corrected chi connectivity index (χ3v) is 5.89. The maximum Gasteiger partial charge on any atom is 0.573 e. The molecule has 204 valence electrons. The van der Waals surface area contributed by atoms with E-state index in [1.54, 1.807) is 12.1 Å². The maximum atomic E-state index is 13.0. The average Bonchev–Trinajstić information content (AvgIpc) is 2.76. The normalized spacial score (nSPS) is 14.4. The molecule has 3 amide bonds. The van der Waals surface area contributed by atoms with Crippen molar-refractivity contribution in [3.05, 3.63) is 47.0 Å². The first kappa shape index (κ1) is 28.6. The molecule has 0 radical (unpaired) electrons. The van der Waals surface area contributed by atoms with E-state index in [2.05, 4.69) is 21.9 Å². The number of sulfonamides is 1. The summed E-state index contributed by atoms with van der Waals surface area (Å²) in [5.74, 6) is 4.87. The van der Waals surface area contributed by atoms with Crippen LogP contribution in [0.15, 0.2) is 30.3 Å². The number of nitrogens with zero attached hydrogens (tertiary/aromatic N) is 1. The number of anilines is 2. The molecule has 0 bridgehead atoms. The van der Waals surface area contributed by atoms with E-state index in [4.69, 9.17) is 4.74 Å². The van der Waals surface area contributed by atoms with Gasteiger partial charge in [-0.15, -0.1) is 13.2 Å². The van der Waals surface area contributed by atoms with Gasteiger partial charge in [0, 0.05) is 29.8 Å². The first-order valence-electron chi connectivity index (χ1n) is 11.2. The molecule has 9 nitrogen and oxygen atoms in total. The van der Waals surface area contributed by atoms with Crippen molar-refractivity contribution in [2.75, 3.05) is 29.5 Å². The summed E-state index contributed by atoms with van der Waals surface area (Å²) < 4.78 is 73.6. The smallest absolute Gasteiger partial charge is 0.495 e. The molecule has 0 spiro atoms. The molecule has 1 saturated heterocycles. The van der Waals surface area contributed by atoms with Crippen LogP contribution in [-0.2, 0) is 20.2 Å². The van der Waals surface area contributed by atoms with Crippen LogP contribution in [0.3, 0.4) is 0 Å². The van der Waals surface area contributed by atoms with Gasteiger partial charge in [0.2, 0.25) is 15.9 Å². The number of methoxy groups -OCH3 is 1. The lowest BCUT2D eigenvalue weighted by atomic mass is 9.84. The minimum Gasteiger partial charge on any atom is -0.495 e. The Hall–Kier alpha value is -3.92. The Labute approximate surface area is 218 Å². The number of hydrogen-bond acceptors (Lipinski definition) is 6. The Morgan fingerprint density at radius 1 is 1.08 bits per heavy atom. The van der Waals surface area contributed by atoms with Gasteiger partial charge in [-0.1, -0.05) is 32.6 Å². The molecule has 0 aliphatic carbocycles. The van der Waals surface area contributed by atoms with Crippen molar-refractivity contribution < 1.29 is 40.7 Å². The number of urea groups is 1. The van der Waals surface area contributed by atoms with Crippen molar-refractivity contribution in [1.29, 1.82) is 0 Å². The van der Waals surface area contributed by atoms with Crippen molar-refractivity contribution in [3.63, 3.8) is 0 Å². The zero-order valence-corrected chi connectivity index (χ0v) is 22.1. The van der Waals surface area contributed by atoms with Gasteiger partial charge in [-0.3, -0.25) is 19.7 Å². The number of nitrogens with one attached hydrogen (secondary N) is 2. The molecule has 2 N–H and O–H groups in total. The zero-order valence-electron chi connectivity index (χ0n) is 21.2. The average molecular weight is 554 g/mol. The van der Waals surface area contributed by atoms with Gasteiger partial charge in [0.25, 0.3) is 0 Å². The summed E-state index contributed by atoms with van der Waals surface area (Å²) >= 11 is 0. The number of rotatable bonds is 5. The van der Waals surface area contributed by atoms with Gasteiger partial charge in [-0.05, 0) is 35.7 Å². The number of carbonyl (C=O) groups excluding carboxylic acids is 2. The van der Waals surface area contributed by atoms with Crippen molar-refractivity contribution in [1.82, 2.24) is 5.32 Å². The van der Waals surface area contributed by atoms with Gasteiger partial charge < -0.3 is 9.47 Å². The fourth-order valence-corrected chi connectivity index (χ4v) is 4.25. The van der Waals surface area contributed by atoms with E-state index in [0.29, 0.717) is 22.6 Å². The summed E-state index contributed by atoms with van der Waals surface area (Å²) in [6.45, 7) is 5.94. The van der Waals surface area contributed by atoms with Crippen LogP contribution in [0.1, 0.15) is 43.9 Å². The predicted molar refractivity (Wildman–Crippen MR) is 135 cm³/mol. The number of ether oxygens (including phenoxy) is 2. The lowest BCUT2D eigenvalue weighted by Crippen LogP contribution is -2.49. The van der Waals surface area contributed by atoms with Crippen LogP contribution in [0.25, 0.3) is 0 Å². The van der Waals surface area contributed by atoms with E-state index >= 15 is 0 Å². The fourth-order valence-electron chi connectivity index (χ4n) is 3.68. The molecule has 1 heterocycles. The molecule has 0 unspecified atom stereocenters. The molecule has 0 saturated carbocycles. The van der Waals surface area contributed by atoms with Gasteiger partial charge in [0.1, 0.15) is 5.75 Å². The van der Waals surface area contributed by atoms with E-state index in [1.807, 2.05) is 25.5 Å². The number of carbonyl (C=O) groups is 2. The van der Waals surface area contributed by atoms with E-state index < -0.39 is 39.3 Å². The third-order valence-electron chi connectivity index (χ3n) is 5.30. The molecule has 0 atom stereocenters. The minimum atomic E-state index is -5.07. The van der Waals surface area contributed by atoms with Crippen LogP contribution in [0.5, 0.6) is 11.5 Å². The molecule has 3 rings (SSSR count). The number of halogens is 3. The van der Waals surface area contributed by atoms with Crippen LogP contribution < -0.4 is 24.4 Å². The molecule has 2 aromatic rings. The highest BCUT2D eigenvalue weighted by atomic mass is 32.2. The van der Waals surface area contributed by atoms with E-state index in [1.165, 1.54) is 18.1 Å². The molecule has 2 aromatic carbocycles. The highest BCUT2D eigenvalue weighted by Gasteiger charge is 2.33. The second kappa shape index (κ2) is 10.4. The van der Waals surface area contributed by atoms with Gasteiger partial charge in [-0.25, -0.2) is 13.2 Å². The summed E-state index contributed by atoms with van der Waals surface area (Å²) in [6, 6.07) is 6.15. The molecule has 1 aliphatic rings. The lowest BCUT2D eigenvalue weighted by Gasteiger charge is -2.30. The quantitative estimate of drug-likeness (QED) is 0.539. The standard InChI is InChI=1S/C25H26F3N3O6S/c1-24(2,3)18-14-17(31-11-10-21(32)29-23(31)33)13-16(22(18)36-4)8-6-15-7-9-19(30-38(5,34)35)20(12-15)37-25(26,27)28/h7,9,12-14,30H,10-11H2,1-5H3,(H,29,32,33). The van der Waals surface area contributed by atoms with E-state index in [0.717, 1.165) is 18.4 Å². The number of hydrogen-bond donors (Lipinski definition) is 2. The van der Waals surface area contributed by atoms with Crippen molar-refractivity contribution in [2.24, 2.45) is 0 Å². The minimum absolute atomic E-state index is 0.0920. The second-order valence-electron chi connectivity index (χ2n) is 9.46. The number of alkyl halides is 3. The SMILES string of the molecule is COc1c(C#Cc2ccc(NS(C)(=O)=O)c(OC(F)(F)F)c2)cc(N2CCC(=O)NC2=O)cc1C(C)(C)C. The van der Waals surface area contributed by atoms with Crippen LogP contribution in [0.4, 0.5) is 29.3 Å². The highest BCUT2D eigenvalue weighted by molar-refractivity contribution is 7.92. The first-order chi connectivity index (χ1) is 17.5. The summed E-state index contributed by atoms with van der Waals surface area (Å²) in [4.78, 5) is 25.5. The Balaban J connectivity index is 2.13. The predicted octanol–water partition coefficient (Wildman–Crippen LogP) is 4.11. The monoisotopic (exact) mass is 553 g/mol. The molecule has 13 heteroatoms. The summed E-state index contributed by atoms with van der Waals surface area (Å²) in [6.07, 6.45) is -4.17.